The van der Waals surface area contributed by atoms with E-state index in [0.717, 1.165) is 0 Å². The minimum Gasteiger partial charge on any atom is -0.480 e. The number of Topliss-reactive ketones (excluding diaryl/α,β-unsaturated/α-hetero) is 1. The number of ether oxygens (including phenoxy) is 1. The van der Waals surface area contributed by atoms with Gasteiger partial charge in [0.05, 0.1) is 7.11 Å². The van der Waals surface area contributed by atoms with Crippen LogP contribution in [0, 0.1) is 0 Å². The number of rotatable bonds is 2. The third kappa shape index (κ3) is 1.74. The van der Waals surface area contributed by atoms with Crippen molar-refractivity contribution < 1.29 is 9.53 Å². The number of pyridine rings is 1. The van der Waals surface area contributed by atoms with Gasteiger partial charge in [-0.05, 0) is 12.1 Å². The van der Waals surface area contributed by atoms with Gasteiger partial charge in [0.25, 0.3) is 0 Å². The maximum Gasteiger partial charge on any atom is 0.232 e. The number of hydrogen-bond acceptors (Lipinski definition) is 3. The number of nitrogens with zero attached hydrogens (tertiary/aromatic N) is 1. The molecule has 4 heteroatoms. The zero-order valence-electron chi connectivity index (χ0n) is 6.80. The number of hydrogen-bond donors (Lipinski definition) is 0. The second kappa shape index (κ2) is 3.54. The van der Waals surface area contributed by atoms with Gasteiger partial charge in [-0.2, -0.15) is 0 Å². The van der Waals surface area contributed by atoms with Crippen molar-refractivity contribution >= 4 is 17.4 Å². The summed E-state index contributed by atoms with van der Waals surface area (Å²) < 4.78 is 4.84. The maximum absolute atomic E-state index is 10.9. The molecule has 1 aromatic heterocycles. The Bertz CT molecular complexity index is 312. The van der Waals surface area contributed by atoms with E-state index in [0.29, 0.717) is 10.7 Å². The molecule has 0 fully saturated rings. The van der Waals surface area contributed by atoms with E-state index in [9.17, 15) is 4.79 Å². The summed E-state index contributed by atoms with van der Waals surface area (Å²) in [6.07, 6.45) is 0. The number of methoxy groups -OCH3 is 1. The first-order chi connectivity index (χ1) is 5.65. The van der Waals surface area contributed by atoms with Crippen molar-refractivity contribution in [3.8, 4) is 5.88 Å². The Morgan fingerprint density at radius 2 is 2.25 bits per heavy atom. The molecule has 0 saturated carbocycles. The molecule has 0 atom stereocenters. The molecule has 0 bridgehead atoms. The summed E-state index contributed by atoms with van der Waals surface area (Å²) in [5, 5.41) is 0.405. The van der Waals surface area contributed by atoms with E-state index in [1.807, 2.05) is 0 Å². The molecule has 1 heterocycles. The molecule has 64 valence electrons. The van der Waals surface area contributed by atoms with Gasteiger partial charge in [-0.25, -0.2) is 4.98 Å². The Hall–Kier alpha value is -1.09. The molecule has 0 amide bonds. The molecule has 0 spiro atoms. The number of aromatic nitrogens is 1. The Labute approximate surface area is 75.3 Å². The first-order valence-electron chi connectivity index (χ1n) is 3.36. The number of halogens is 1. The van der Waals surface area contributed by atoms with Crippen LogP contribution in [0.25, 0.3) is 0 Å². The minimum atomic E-state index is -0.107. The molecular weight excluding hydrogens is 178 g/mol. The molecule has 3 nitrogen and oxygen atoms in total. The van der Waals surface area contributed by atoms with E-state index in [1.165, 1.54) is 14.0 Å². The van der Waals surface area contributed by atoms with Crippen molar-refractivity contribution in [2.24, 2.45) is 0 Å². The Kier molecular flexibility index (Phi) is 2.65. The fraction of sp³-hybridized carbons (Fsp3) is 0.250. The van der Waals surface area contributed by atoms with Crippen molar-refractivity contribution in [2.75, 3.05) is 7.11 Å². The standard InChI is InChI=1S/C8H8ClNO2/c1-5(11)7-4-3-6(9)8(10-7)12-2/h3-4H,1-2H3. The third-order valence-electron chi connectivity index (χ3n) is 1.37. The monoisotopic (exact) mass is 185 g/mol. The third-order valence-corrected chi connectivity index (χ3v) is 1.66. The molecule has 0 radical (unpaired) electrons. The Balaban J connectivity index is 3.13. The minimum absolute atomic E-state index is 0.107. The number of carbonyl (C=O) groups is 1. The quantitative estimate of drug-likeness (QED) is 0.661. The summed E-state index contributed by atoms with van der Waals surface area (Å²) >= 11 is 5.70. The van der Waals surface area contributed by atoms with E-state index in [1.54, 1.807) is 12.1 Å². The van der Waals surface area contributed by atoms with Crippen LogP contribution in [0.2, 0.25) is 5.02 Å². The zero-order chi connectivity index (χ0) is 9.14. The highest BCUT2D eigenvalue weighted by Crippen LogP contribution is 2.21. The van der Waals surface area contributed by atoms with Crippen LogP contribution in [-0.2, 0) is 0 Å². The van der Waals surface area contributed by atoms with Crippen LogP contribution in [0.5, 0.6) is 5.88 Å². The van der Waals surface area contributed by atoms with Crippen LogP contribution in [0.1, 0.15) is 17.4 Å². The SMILES string of the molecule is COc1nc(C(C)=O)ccc1Cl. The molecule has 0 aliphatic rings. The van der Waals surface area contributed by atoms with E-state index >= 15 is 0 Å². The number of carbonyl (C=O) groups excluding carboxylic acids is 1. The average Bonchev–Trinajstić information content (AvgIpc) is 2.05. The fourth-order valence-electron chi connectivity index (χ4n) is 0.763. The Morgan fingerprint density at radius 3 is 2.75 bits per heavy atom. The molecule has 12 heavy (non-hydrogen) atoms. The van der Waals surface area contributed by atoms with Gasteiger partial charge in [0, 0.05) is 6.92 Å². The fourth-order valence-corrected chi connectivity index (χ4v) is 0.945. The first kappa shape index (κ1) is 9.00. The highest BCUT2D eigenvalue weighted by atomic mass is 35.5. The molecule has 1 rings (SSSR count). The van der Waals surface area contributed by atoms with Crippen LogP contribution >= 0.6 is 11.6 Å². The lowest BCUT2D eigenvalue weighted by Gasteiger charge is -2.01. The van der Waals surface area contributed by atoms with Gasteiger partial charge in [-0.15, -0.1) is 0 Å². The van der Waals surface area contributed by atoms with E-state index in [4.69, 9.17) is 16.3 Å². The van der Waals surface area contributed by atoms with Crippen molar-refractivity contribution in [2.45, 2.75) is 6.92 Å². The molecular formula is C8H8ClNO2. The summed E-state index contributed by atoms with van der Waals surface area (Å²) in [6.45, 7) is 1.44. The summed E-state index contributed by atoms with van der Waals surface area (Å²) in [7, 11) is 1.46. The van der Waals surface area contributed by atoms with Gasteiger partial charge in [-0.1, -0.05) is 11.6 Å². The summed E-state index contributed by atoms with van der Waals surface area (Å²) in [5.41, 5.74) is 0.358. The normalized spacial score (nSPS) is 9.58. The largest absolute Gasteiger partial charge is 0.480 e. The lowest BCUT2D eigenvalue weighted by atomic mass is 10.3. The first-order valence-corrected chi connectivity index (χ1v) is 3.74. The summed E-state index contributed by atoms with van der Waals surface area (Å²) in [4.78, 5) is 14.8. The molecule has 0 unspecified atom stereocenters. The van der Waals surface area contributed by atoms with Gasteiger partial charge in [0.2, 0.25) is 5.88 Å². The van der Waals surface area contributed by atoms with Crippen molar-refractivity contribution in [3.05, 3.63) is 22.8 Å². The van der Waals surface area contributed by atoms with Crippen LogP contribution in [0.15, 0.2) is 12.1 Å². The Morgan fingerprint density at radius 1 is 1.58 bits per heavy atom. The number of ketones is 1. The van der Waals surface area contributed by atoms with Crippen molar-refractivity contribution in [3.63, 3.8) is 0 Å². The summed E-state index contributed by atoms with van der Waals surface area (Å²) in [5.74, 6) is 0.175. The molecule has 0 aromatic carbocycles. The predicted molar refractivity (Wildman–Crippen MR) is 45.8 cm³/mol. The molecule has 0 saturated heterocycles. The van der Waals surface area contributed by atoms with Gasteiger partial charge in [0.15, 0.2) is 5.78 Å². The van der Waals surface area contributed by atoms with Crippen molar-refractivity contribution in [1.29, 1.82) is 0 Å². The van der Waals surface area contributed by atoms with Gasteiger partial charge >= 0.3 is 0 Å². The van der Waals surface area contributed by atoms with Gasteiger partial charge < -0.3 is 4.74 Å². The maximum atomic E-state index is 10.9. The van der Waals surface area contributed by atoms with Crippen molar-refractivity contribution in [1.82, 2.24) is 4.98 Å². The van der Waals surface area contributed by atoms with Gasteiger partial charge in [0.1, 0.15) is 10.7 Å². The lowest BCUT2D eigenvalue weighted by molar-refractivity contribution is 0.101. The predicted octanol–water partition coefficient (Wildman–Crippen LogP) is 1.95. The second-order valence-electron chi connectivity index (χ2n) is 2.24. The van der Waals surface area contributed by atoms with E-state index < -0.39 is 0 Å². The van der Waals surface area contributed by atoms with Gasteiger partial charge in [-0.3, -0.25) is 4.79 Å². The van der Waals surface area contributed by atoms with Crippen LogP contribution in [0.4, 0.5) is 0 Å². The highest BCUT2D eigenvalue weighted by molar-refractivity contribution is 6.31. The zero-order valence-corrected chi connectivity index (χ0v) is 7.55. The van der Waals surface area contributed by atoms with E-state index in [-0.39, 0.29) is 11.7 Å². The second-order valence-corrected chi connectivity index (χ2v) is 2.65. The molecule has 0 aliphatic carbocycles. The molecule has 0 aliphatic heterocycles. The summed E-state index contributed by atoms with van der Waals surface area (Å²) in [6, 6.07) is 3.15. The molecule has 0 N–H and O–H groups in total. The van der Waals surface area contributed by atoms with Crippen LogP contribution in [0.3, 0.4) is 0 Å². The average molecular weight is 186 g/mol. The van der Waals surface area contributed by atoms with Crippen LogP contribution < -0.4 is 4.74 Å². The lowest BCUT2D eigenvalue weighted by Crippen LogP contribution is -1.98. The smallest absolute Gasteiger partial charge is 0.232 e. The van der Waals surface area contributed by atoms with Crippen LogP contribution in [-0.4, -0.2) is 17.9 Å². The topological polar surface area (TPSA) is 39.2 Å². The molecule has 1 aromatic rings. The van der Waals surface area contributed by atoms with E-state index in [2.05, 4.69) is 4.98 Å². The highest BCUT2D eigenvalue weighted by Gasteiger charge is 2.06.